The molecule has 4 nitrogen and oxygen atoms in total. The Balaban J connectivity index is 2.15. The van der Waals surface area contributed by atoms with Crippen LogP contribution in [0.1, 0.15) is 51.4 Å². The van der Waals surface area contributed by atoms with Gasteiger partial charge in [0, 0.05) is 25.1 Å². The molecule has 4 heteroatoms. The van der Waals surface area contributed by atoms with Crippen molar-refractivity contribution in [2.75, 3.05) is 23.7 Å². The Bertz CT molecular complexity index is 438. The molecule has 0 saturated heterocycles. The van der Waals surface area contributed by atoms with Gasteiger partial charge in [-0.25, -0.2) is 9.97 Å². The van der Waals surface area contributed by atoms with Crippen molar-refractivity contribution in [1.82, 2.24) is 9.97 Å². The van der Waals surface area contributed by atoms with Crippen LogP contribution in [0.3, 0.4) is 0 Å². The van der Waals surface area contributed by atoms with Crippen LogP contribution in [0.25, 0.3) is 0 Å². The minimum atomic E-state index is 0.460. The van der Waals surface area contributed by atoms with E-state index in [1.807, 2.05) is 0 Å². The molecule has 1 aromatic heterocycles. The highest BCUT2D eigenvalue weighted by Gasteiger charge is 2.31. The number of hydrogen-bond donors (Lipinski definition) is 2. The average molecular weight is 262 g/mol. The maximum absolute atomic E-state index is 4.63. The van der Waals surface area contributed by atoms with Gasteiger partial charge >= 0.3 is 0 Å². The van der Waals surface area contributed by atoms with Gasteiger partial charge in [-0.15, -0.1) is 0 Å². The molecule has 0 atom stereocenters. The Hall–Kier alpha value is -1.32. The largest absolute Gasteiger partial charge is 0.370 e. The Labute approximate surface area is 116 Å². The first-order valence-electron chi connectivity index (χ1n) is 7.43. The number of nitrogens with zero attached hydrogens (tertiary/aromatic N) is 2. The van der Waals surface area contributed by atoms with E-state index in [0.717, 1.165) is 42.5 Å². The molecule has 0 radical (unpaired) electrons. The van der Waals surface area contributed by atoms with E-state index < -0.39 is 0 Å². The van der Waals surface area contributed by atoms with Gasteiger partial charge in [0.15, 0.2) is 0 Å². The van der Waals surface area contributed by atoms with Gasteiger partial charge in [0.2, 0.25) is 0 Å². The van der Waals surface area contributed by atoms with Gasteiger partial charge in [-0.3, -0.25) is 0 Å². The van der Waals surface area contributed by atoms with Crippen LogP contribution in [0, 0.1) is 12.3 Å². The first-order chi connectivity index (χ1) is 9.08. The van der Waals surface area contributed by atoms with E-state index in [0.29, 0.717) is 5.41 Å². The Morgan fingerprint density at radius 2 is 1.74 bits per heavy atom. The van der Waals surface area contributed by atoms with Crippen LogP contribution in [0.15, 0.2) is 0 Å². The molecule has 106 valence electrons. The van der Waals surface area contributed by atoms with Crippen molar-refractivity contribution in [2.45, 2.75) is 53.4 Å². The molecule has 0 spiro atoms. The summed E-state index contributed by atoms with van der Waals surface area (Å²) in [6.07, 6.45) is 4.88. The molecule has 1 aliphatic rings. The second kappa shape index (κ2) is 5.76. The fourth-order valence-corrected chi connectivity index (χ4v) is 2.49. The lowest BCUT2D eigenvalue weighted by Crippen LogP contribution is -2.33. The summed E-state index contributed by atoms with van der Waals surface area (Å²) in [5.74, 6) is 2.87. The lowest BCUT2D eigenvalue weighted by molar-refractivity contribution is 0.180. The molecule has 19 heavy (non-hydrogen) atoms. The van der Waals surface area contributed by atoms with Crippen molar-refractivity contribution in [3.8, 4) is 0 Å². The van der Waals surface area contributed by atoms with Crippen LogP contribution in [0.5, 0.6) is 0 Å². The van der Waals surface area contributed by atoms with Gasteiger partial charge in [-0.2, -0.15) is 0 Å². The minimum Gasteiger partial charge on any atom is -0.370 e. The zero-order valence-corrected chi connectivity index (χ0v) is 12.6. The number of aromatic nitrogens is 2. The molecule has 0 aliphatic heterocycles. The topological polar surface area (TPSA) is 49.8 Å². The Kier molecular flexibility index (Phi) is 4.27. The number of anilines is 2. The van der Waals surface area contributed by atoms with Crippen molar-refractivity contribution in [3.05, 3.63) is 11.4 Å². The predicted molar refractivity (Wildman–Crippen MR) is 80.8 cm³/mol. The Morgan fingerprint density at radius 3 is 2.21 bits per heavy atom. The first kappa shape index (κ1) is 14.1. The molecule has 2 rings (SSSR count). The highest BCUT2D eigenvalue weighted by Crippen LogP contribution is 2.40. The molecule has 0 amide bonds. The van der Waals surface area contributed by atoms with Gasteiger partial charge in [0.25, 0.3) is 0 Å². The van der Waals surface area contributed by atoms with Crippen molar-refractivity contribution in [2.24, 2.45) is 5.41 Å². The van der Waals surface area contributed by atoms with E-state index in [9.17, 15) is 0 Å². The lowest BCUT2D eigenvalue weighted by atomic mass is 9.70. The molecule has 0 bridgehead atoms. The van der Waals surface area contributed by atoms with Gasteiger partial charge in [0.1, 0.15) is 17.5 Å². The zero-order chi connectivity index (χ0) is 13.9. The molecular formula is C15H26N4. The monoisotopic (exact) mass is 262 g/mol. The van der Waals surface area contributed by atoms with E-state index >= 15 is 0 Å². The molecule has 2 N–H and O–H groups in total. The molecule has 1 saturated carbocycles. The smallest absolute Gasteiger partial charge is 0.134 e. The number of rotatable bonds is 6. The second-order valence-electron chi connectivity index (χ2n) is 5.86. The van der Waals surface area contributed by atoms with Crippen molar-refractivity contribution in [3.63, 3.8) is 0 Å². The summed E-state index contributed by atoms with van der Waals surface area (Å²) in [6.45, 7) is 10.5. The molecule has 0 aromatic carbocycles. The summed E-state index contributed by atoms with van der Waals surface area (Å²) in [6, 6.07) is 0. The Morgan fingerprint density at radius 1 is 1.11 bits per heavy atom. The molecule has 1 fully saturated rings. The number of aryl methyl sites for hydroxylation is 1. The standard InChI is InChI=1S/C15H26N4/c1-5-12-18-13(16-6-2)11(3)14(19-12)17-10-15(4)8-7-9-15/h5-10H2,1-4H3,(H2,16,17,18,19). The summed E-state index contributed by atoms with van der Waals surface area (Å²) < 4.78 is 0. The van der Waals surface area contributed by atoms with Crippen molar-refractivity contribution >= 4 is 11.6 Å². The van der Waals surface area contributed by atoms with Crippen LogP contribution in [-0.4, -0.2) is 23.1 Å². The van der Waals surface area contributed by atoms with E-state index in [-0.39, 0.29) is 0 Å². The highest BCUT2D eigenvalue weighted by molar-refractivity contribution is 5.57. The third-order valence-electron chi connectivity index (χ3n) is 4.10. The first-order valence-corrected chi connectivity index (χ1v) is 7.43. The second-order valence-corrected chi connectivity index (χ2v) is 5.86. The van der Waals surface area contributed by atoms with Gasteiger partial charge in [-0.1, -0.05) is 20.3 Å². The fraction of sp³-hybridized carbons (Fsp3) is 0.733. The van der Waals surface area contributed by atoms with Crippen molar-refractivity contribution in [1.29, 1.82) is 0 Å². The normalized spacial score (nSPS) is 16.8. The van der Waals surface area contributed by atoms with E-state index in [4.69, 9.17) is 0 Å². The van der Waals surface area contributed by atoms with Gasteiger partial charge in [0.05, 0.1) is 0 Å². The van der Waals surface area contributed by atoms with Crippen LogP contribution >= 0.6 is 0 Å². The van der Waals surface area contributed by atoms with Gasteiger partial charge in [-0.05, 0) is 32.1 Å². The molecule has 1 aromatic rings. The van der Waals surface area contributed by atoms with E-state index in [2.05, 4.69) is 48.3 Å². The summed E-state index contributed by atoms with van der Waals surface area (Å²) in [7, 11) is 0. The summed E-state index contributed by atoms with van der Waals surface area (Å²) >= 11 is 0. The summed E-state index contributed by atoms with van der Waals surface area (Å²) in [4.78, 5) is 9.19. The van der Waals surface area contributed by atoms with Crippen LogP contribution in [0.4, 0.5) is 11.6 Å². The highest BCUT2D eigenvalue weighted by atomic mass is 15.1. The van der Waals surface area contributed by atoms with Gasteiger partial charge < -0.3 is 10.6 Å². The molecular weight excluding hydrogens is 236 g/mol. The van der Waals surface area contributed by atoms with Crippen LogP contribution in [-0.2, 0) is 6.42 Å². The lowest BCUT2D eigenvalue weighted by Gasteiger charge is -2.38. The maximum Gasteiger partial charge on any atom is 0.134 e. The molecule has 1 aliphatic carbocycles. The fourth-order valence-electron chi connectivity index (χ4n) is 2.49. The third-order valence-corrected chi connectivity index (χ3v) is 4.10. The van der Waals surface area contributed by atoms with E-state index in [1.54, 1.807) is 0 Å². The van der Waals surface area contributed by atoms with E-state index in [1.165, 1.54) is 19.3 Å². The SMILES string of the molecule is CCNc1nc(CC)nc(NCC2(C)CCC2)c1C. The predicted octanol–water partition coefficient (Wildman–Crippen LogP) is 3.38. The number of nitrogens with one attached hydrogen (secondary N) is 2. The quantitative estimate of drug-likeness (QED) is 0.825. The van der Waals surface area contributed by atoms with Crippen LogP contribution < -0.4 is 10.6 Å². The van der Waals surface area contributed by atoms with Crippen LogP contribution in [0.2, 0.25) is 0 Å². The third kappa shape index (κ3) is 3.17. The number of hydrogen-bond acceptors (Lipinski definition) is 4. The molecule has 1 heterocycles. The average Bonchev–Trinajstić information content (AvgIpc) is 2.37. The summed E-state index contributed by atoms with van der Waals surface area (Å²) in [5, 5.41) is 6.86. The summed E-state index contributed by atoms with van der Waals surface area (Å²) in [5.41, 5.74) is 1.59. The minimum absolute atomic E-state index is 0.460. The van der Waals surface area contributed by atoms with Crippen molar-refractivity contribution < 1.29 is 0 Å². The maximum atomic E-state index is 4.63. The molecule has 0 unspecified atom stereocenters. The zero-order valence-electron chi connectivity index (χ0n) is 12.6.